The lowest BCUT2D eigenvalue weighted by Gasteiger charge is -2.36. The van der Waals surface area contributed by atoms with Gasteiger partial charge >= 0.3 is 5.97 Å². The minimum atomic E-state index is -1.19. The number of ether oxygens (including phenoxy) is 2. The van der Waals surface area contributed by atoms with Gasteiger partial charge in [-0.3, -0.25) is 29.2 Å². The molecule has 2 aliphatic rings. The molecule has 1 saturated heterocycles. The lowest BCUT2D eigenvalue weighted by molar-refractivity contribution is -0.155. The highest BCUT2D eigenvalue weighted by Crippen LogP contribution is 2.42. The Balaban J connectivity index is 1.31. The molecular weight excluding hydrogens is 873 g/mol. The zero-order valence-electron chi connectivity index (χ0n) is 39.5. The number of rotatable bonds is 12. The number of fused-ring (bicyclic) bond motifs is 6. The molecule has 2 aromatic carbocycles. The Kier molecular flexibility index (Phi) is 14.8. The number of carbonyl (C=O) groups is 4. The number of hydrazine groups is 1. The van der Waals surface area contributed by atoms with E-state index in [-0.39, 0.29) is 42.3 Å². The van der Waals surface area contributed by atoms with E-state index in [4.69, 9.17) is 14.5 Å². The topological polar surface area (TPSA) is 200 Å². The molecule has 0 saturated carbocycles. The predicted molar refractivity (Wildman–Crippen MR) is 258 cm³/mol. The molecule has 7 rings (SSSR count). The number of anilines is 1. The number of phenolic OH excluding ortho intramolecular Hbond substituents is 1. The number of benzene rings is 2. The molecular formula is C50H62N8O8S. The molecule has 2 aliphatic heterocycles. The first kappa shape index (κ1) is 48.8. The number of aromatic hydroxyl groups is 1. The van der Waals surface area contributed by atoms with Crippen LogP contribution in [0.2, 0.25) is 0 Å². The Labute approximate surface area is 395 Å². The third-order valence-electron chi connectivity index (χ3n) is 12.5. The number of aliphatic hydroxyl groups excluding tert-OH is 1. The number of cyclic esters (lactones) is 1. The Morgan fingerprint density at radius 2 is 1.93 bits per heavy atom. The highest BCUT2D eigenvalue weighted by Gasteiger charge is 2.38. The first-order valence-electron chi connectivity index (χ1n) is 22.7. The van der Waals surface area contributed by atoms with Crippen molar-refractivity contribution in [1.82, 2.24) is 35.2 Å². The number of aromatic nitrogens is 3. The van der Waals surface area contributed by atoms with Crippen molar-refractivity contribution in [2.75, 3.05) is 32.6 Å². The molecule has 17 heteroatoms. The maximum Gasteiger partial charge on any atom is 0.324 e. The number of pyridine rings is 1. The summed E-state index contributed by atoms with van der Waals surface area (Å²) in [6.07, 6.45) is 3.12. The molecule has 1 fully saturated rings. The maximum absolute atomic E-state index is 14.7. The molecule has 6 bridgehead atoms. The Morgan fingerprint density at radius 3 is 2.64 bits per heavy atom. The molecule has 5 atom stereocenters. The fourth-order valence-electron chi connectivity index (χ4n) is 9.18. The summed E-state index contributed by atoms with van der Waals surface area (Å²) in [5.74, 6) is -2.25. The van der Waals surface area contributed by atoms with Crippen molar-refractivity contribution in [3.05, 3.63) is 94.6 Å². The van der Waals surface area contributed by atoms with E-state index < -0.39 is 59.4 Å². The molecule has 356 valence electrons. The van der Waals surface area contributed by atoms with Crippen LogP contribution in [0.5, 0.6) is 5.75 Å². The van der Waals surface area contributed by atoms with E-state index in [1.165, 1.54) is 23.0 Å². The molecule has 3 aromatic heterocycles. The van der Waals surface area contributed by atoms with Gasteiger partial charge in [-0.05, 0) is 104 Å². The molecule has 5 heterocycles. The summed E-state index contributed by atoms with van der Waals surface area (Å²) >= 11 is 1.05. The molecule has 0 spiro atoms. The van der Waals surface area contributed by atoms with Gasteiger partial charge in [0.05, 0.1) is 24.1 Å². The number of methoxy groups -OCH3 is 1. The molecule has 1 unspecified atom stereocenters. The number of amides is 3. The first-order valence-corrected chi connectivity index (χ1v) is 23.6. The van der Waals surface area contributed by atoms with E-state index in [2.05, 4.69) is 71.2 Å². The second-order valence-corrected chi connectivity index (χ2v) is 19.4. The standard InChI is InChI=1S/C50H62N8O8S/c1-10-41(60)53-40-26-67-46(54-40)48(63)56(8)43(28(3)4)45(61)52-38-22-30-20-32(23-33(59)21-30)31-16-17-39-35(24-31)36(44(57(39)11-2)34-14-12-18-51-42(34)29(5)65-9)25-50(6,7)27-66-49(64)37-15-13-19-58(55-37)47(38)62/h10,12,14,16-18,20-21,23-24,26,28-29,37-38,41,43,53,55,59-60H,1,11,13,15,19,22,25,27H2,2-9H3,(H,52,61)/t29-,37-,38-,41?,43-/m0/s1. The summed E-state index contributed by atoms with van der Waals surface area (Å²) in [5.41, 5.74) is 9.44. The Hall–Kier alpha value is -6.14. The van der Waals surface area contributed by atoms with Gasteiger partial charge in [0.1, 0.15) is 35.9 Å². The Bertz CT molecular complexity index is 2660. The van der Waals surface area contributed by atoms with E-state index in [0.717, 1.165) is 50.3 Å². The van der Waals surface area contributed by atoms with Crippen LogP contribution >= 0.6 is 11.3 Å². The average molecular weight is 935 g/mol. The summed E-state index contributed by atoms with van der Waals surface area (Å²) < 4.78 is 14.2. The van der Waals surface area contributed by atoms with Gasteiger partial charge in [0.25, 0.3) is 11.8 Å². The van der Waals surface area contributed by atoms with Crippen LogP contribution in [0, 0.1) is 11.3 Å². The summed E-state index contributed by atoms with van der Waals surface area (Å²) in [7, 11) is 3.17. The molecule has 5 aromatic rings. The summed E-state index contributed by atoms with van der Waals surface area (Å²) in [4.78, 5) is 67.4. The van der Waals surface area contributed by atoms with Gasteiger partial charge in [-0.1, -0.05) is 46.4 Å². The van der Waals surface area contributed by atoms with Crippen molar-refractivity contribution in [3.8, 4) is 28.1 Å². The number of nitrogens with zero attached hydrogens (tertiary/aromatic N) is 5. The number of hydrogen-bond donors (Lipinski definition) is 5. The quantitative estimate of drug-likeness (QED) is 0.0510. The zero-order valence-corrected chi connectivity index (χ0v) is 40.3. The fraction of sp³-hybridized carbons (Fsp3) is 0.440. The molecule has 67 heavy (non-hydrogen) atoms. The van der Waals surface area contributed by atoms with Crippen LogP contribution in [0.1, 0.15) is 87.1 Å². The number of esters is 1. The number of nitrogens with one attached hydrogen (secondary N) is 3. The minimum absolute atomic E-state index is 0.0246. The van der Waals surface area contributed by atoms with E-state index in [1.54, 1.807) is 44.7 Å². The number of aryl methyl sites for hydroxylation is 1. The lowest BCUT2D eigenvalue weighted by Crippen LogP contribution is -2.62. The normalized spacial score (nSPS) is 19.0. The van der Waals surface area contributed by atoms with Crippen molar-refractivity contribution in [2.45, 2.75) is 104 Å². The van der Waals surface area contributed by atoms with Crippen molar-refractivity contribution >= 4 is 51.7 Å². The number of hydrogen-bond acceptors (Lipinski definition) is 13. The molecule has 3 amide bonds. The SMILES string of the molecule is C=CC(O)Nc1csc(C(=O)N(C)[C@H](C(=O)N[C@H]2Cc3cc(O)cc(c3)-c3ccc4c(c3)c(c(-c3cccnc3[C@H](C)OC)n4CC)CC(C)(C)COC(=O)[C@@H]3CCCN(N3)C2=O)C(C)C)n1. The van der Waals surface area contributed by atoms with Crippen LogP contribution in [0.4, 0.5) is 5.82 Å². The number of phenols is 1. The van der Waals surface area contributed by atoms with E-state index in [0.29, 0.717) is 36.9 Å². The lowest BCUT2D eigenvalue weighted by atomic mass is 9.84. The van der Waals surface area contributed by atoms with Gasteiger partial charge in [-0.25, -0.2) is 10.4 Å². The van der Waals surface area contributed by atoms with Crippen LogP contribution in [-0.2, 0) is 43.2 Å². The van der Waals surface area contributed by atoms with Crippen LogP contribution in [0.15, 0.2) is 72.8 Å². The highest BCUT2D eigenvalue weighted by molar-refractivity contribution is 7.12. The fourth-order valence-corrected chi connectivity index (χ4v) is 9.92. The number of aliphatic hydroxyl groups is 1. The largest absolute Gasteiger partial charge is 0.508 e. The molecule has 0 radical (unpaired) electrons. The monoisotopic (exact) mass is 934 g/mol. The molecule has 0 aliphatic carbocycles. The number of carbonyl (C=O) groups excluding carboxylic acids is 4. The summed E-state index contributed by atoms with van der Waals surface area (Å²) in [5, 5.41) is 31.0. The zero-order chi connectivity index (χ0) is 48.3. The van der Waals surface area contributed by atoms with E-state index in [9.17, 15) is 29.4 Å². The predicted octanol–water partition coefficient (Wildman–Crippen LogP) is 6.62. The second-order valence-electron chi connectivity index (χ2n) is 18.5. The minimum Gasteiger partial charge on any atom is -0.508 e. The Morgan fingerprint density at radius 1 is 1.15 bits per heavy atom. The maximum atomic E-state index is 14.7. The van der Waals surface area contributed by atoms with Gasteiger partial charge in [0.2, 0.25) is 5.91 Å². The highest BCUT2D eigenvalue weighted by atomic mass is 32.1. The van der Waals surface area contributed by atoms with Gasteiger partial charge in [-0.2, -0.15) is 0 Å². The van der Waals surface area contributed by atoms with Crippen LogP contribution < -0.4 is 16.1 Å². The summed E-state index contributed by atoms with van der Waals surface area (Å²) in [6.45, 7) is 16.4. The van der Waals surface area contributed by atoms with E-state index >= 15 is 0 Å². The van der Waals surface area contributed by atoms with Crippen molar-refractivity contribution in [2.24, 2.45) is 11.3 Å². The van der Waals surface area contributed by atoms with Gasteiger partial charge < -0.3 is 39.8 Å². The van der Waals surface area contributed by atoms with E-state index in [1.807, 2.05) is 25.1 Å². The second kappa shape index (κ2) is 20.4. The van der Waals surface area contributed by atoms with Gasteiger partial charge in [0.15, 0.2) is 5.01 Å². The van der Waals surface area contributed by atoms with Gasteiger partial charge in [-0.15, -0.1) is 11.3 Å². The van der Waals surface area contributed by atoms with Crippen LogP contribution in [-0.4, -0.2) is 110 Å². The molecule has 5 N–H and O–H groups in total. The van der Waals surface area contributed by atoms with Gasteiger partial charge in [0, 0.05) is 67.1 Å². The van der Waals surface area contributed by atoms with Crippen molar-refractivity contribution < 1.29 is 38.9 Å². The van der Waals surface area contributed by atoms with Crippen molar-refractivity contribution in [3.63, 3.8) is 0 Å². The third-order valence-corrected chi connectivity index (χ3v) is 13.4. The smallest absolute Gasteiger partial charge is 0.324 e. The van der Waals surface area contributed by atoms with Crippen LogP contribution in [0.3, 0.4) is 0 Å². The van der Waals surface area contributed by atoms with Crippen molar-refractivity contribution in [1.29, 1.82) is 0 Å². The molecule has 16 nitrogen and oxygen atoms in total. The third kappa shape index (κ3) is 10.5. The number of thiazole rings is 1. The average Bonchev–Trinajstić information content (AvgIpc) is 3.90. The summed E-state index contributed by atoms with van der Waals surface area (Å²) in [6, 6.07) is 12.3. The van der Waals surface area contributed by atoms with Crippen LogP contribution in [0.25, 0.3) is 33.3 Å². The first-order chi connectivity index (χ1) is 31.9. The number of likely N-dealkylation sites (N-methyl/N-ethyl adjacent to an activating group) is 1.